The lowest BCUT2D eigenvalue weighted by Gasteiger charge is -2.21. The van der Waals surface area contributed by atoms with Crippen LogP contribution in [0.25, 0.3) is 10.9 Å². The summed E-state index contributed by atoms with van der Waals surface area (Å²) in [5.74, 6) is 0. The molecule has 3 rings (SSSR count). The van der Waals surface area contributed by atoms with E-state index < -0.39 is 11.7 Å². The topological polar surface area (TPSA) is 73.2 Å². The lowest BCUT2D eigenvalue weighted by atomic mass is 9.96. The molecule has 1 aliphatic rings. The van der Waals surface area contributed by atoms with E-state index in [1.165, 1.54) is 32.1 Å². The molecule has 1 saturated carbocycles. The van der Waals surface area contributed by atoms with Gasteiger partial charge in [0.05, 0.1) is 11.6 Å². The van der Waals surface area contributed by atoms with Crippen molar-refractivity contribution < 1.29 is 14.3 Å². The van der Waals surface area contributed by atoms with Gasteiger partial charge in [-0.2, -0.15) is 5.10 Å². The highest BCUT2D eigenvalue weighted by Crippen LogP contribution is 2.29. The van der Waals surface area contributed by atoms with E-state index in [4.69, 9.17) is 9.53 Å². The summed E-state index contributed by atoms with van der Waals surface area (Å²) in [5, 5.41) is 8.52. The van der Waals surface area contributed by atoms with Crippen molar-refractivity contribution in [2.24, 2.45) is 0 Å². The number of nitrogens with one attached hydrogen (secondary N) is 1. The molecule has 1 amide bonds. The first-order valence-electron chi connectivity index (χ1n) is 8.68. The predicted molar refractivity (Wildman–Crippen MR) is 98.8 cm³/mol. The van der Waals surface area contributed by atoms with Gasteiger partial charge in [0, 0.05) is 17.3 Å². The standard InChI is InChI=1S/C18H25N3O2.CH2O/c1-18(2,3)23-17(22)19-14-9-10-16-13(11-14)12-21(20-16)15-7-5-4-6-8-15;1-2/h9-12,15H,4-8H2,1-3H3,(H,19,22);1H2. The molecule has 1 heterocycles. The molecular formula is C19H27N3O3. The number of nitrogens with zero attached hydrogens (tertiary/aromatic N) is 2. The van der Waals surface area contributed by atoms with E-state index in [0.29, 0.717) is 6.04 Å². The molecule has 2 aromatic rings. The van der Waals surface area contributed by atoms with Gasteiger partial charge in [0.15, 0.2) is 0 Å². The van der Waals surface area contributed by atoms with E-state index in [1.807, 2.05) is 45.8 Å². The Bertz CT molecular complexity index is 712. The van der Waals surface area contributed by atoms with Crippen LogP contribution in [0.1, 0.15) is 58.9 Å². The molecule has 0 atom stereocenters. The summed E-state index contributed by atoms with van der Waals surface area (Å²) < 4.78 is 7.38. The monoisotopic (exact) mass is 345 g/mol. The van der Waals surface area contributed by atoms with Gasteiger partial charge in [-0.3, -0.25) is 10.00 Å². The van der Waals surface area contributed by atoms with Crippen molar-refractivity contribution in [3.8, 4) is 0 Å². The summed E-state index contributed by atoms with van der Waals surface area (Å²) in [5.41, 5.74) is 1.19. The third kappa shape index (κ3) is 5.31. The first-order valence-corrected chi connectivity index (χ1v) is 8.68. The van der Waals surface area contributed by atoms with E-state index in [-0.39, 0.29) is 0 Å². The van der Waals surface area contributed by atoms with Crippen LogP contribution in [-0.4, -0.2) is 28.3 Å². The van der Waals surface area contributed by atoms with Gasteiger partial charge in [-0.1, -0.05) is 19.3 Å². The van der Waals surface area contributed by atoms with Crippen LogP contribution < -0.4 is 5.32 Å². The van der Waals surface area contributed by atoms with Gasteiger partial charge in [0.1, 0.15) is 12.4 Å². The summed E-state index contributed by atoms with van der Waals surface area (Å²) in [6, 6.07) is 6.27. The summed E-state index contributed by atoms with van der Waals surface area (Å²) in [6.45, 7) is 7.55. The molecule has 0 saturated heterocycles. The maximum Gasteiger partial charge on any atom is 0.412 e. The van der Waals surface area contributed by atoms with Gasteiger partial charge >= 0.3 is 6.09 Å². The Morgan fingerprint density at radius 2 is 1.92 bits per heavy atom. The highest BCUT2D eigenvalue weighted by atomic mass is 16.6. The molecule has 0 radical (unpaired) electrons. The minimum absolute atomic E-state index is 0.434. The van der Waals surface area contributed by atoms with E-state index in [1.54, 1.807) is 0 Å². The fourth-order valence-electron chi connectivity index (χ4n) is 3.08. The number of aromatic nitrogens is 2. The normalized spacial score (nSPS) is 15.3. The minimum atomic E-state index is -0.500. The molecule has 25 heavy (non-hydrogen) atoms. The third-order valence-corrected chi connectivity index (χ3v) is 4.12. The molecule has 6 heteroatoms. The molecule has 0 bridgehead atoms. The molecule has 0 spiro atoms. The molecule has 1 aromatic heterocycles. The number of benzene rings is 1. The van der Waals surface area contributed by atoms with Crippen LogP contribution in [0.2, 0.25) is 0 Å². The van der Waals surface area contributed by atoms with Crippen molar-refractivity contribution in [2.75, 3.05) is 5.32 Å². The fraction of sp³-hybridized carbons (Fsp3) is 0.526. The number of fused-ring (bicyclic) bond motifs is 1. The summed E-state index contributed by atoms with van der Waals surface area (Å²) in [7, 11) is 0. The third-order valence-electron chi connectivity index (χ3n) is 4.12. The first-order chi connectivity index (χ1) is 11.9. The van der Waals surface area contributed by atoms with E-state index >= 15 is 0 Å². The van der Waals surface area contributed by atoms with Crippen molar-refractivity contribution in [1.29, 1.82) is 0 Å². The van der Waals surface area contributed by atoms with Crippen LogP contribution >= 0.6 is 0 Å². The summed E-state index contributed by atoms with van der Waals surface area (Å²) in [6.07, 6.45) is 7.97. The van der Waals surface area contributed by atoms with E-state index in [9.17, 15) is 4.79 Å². The number of rotatable bonds is 2. The molecular weight excluding hydrogens is 318 g/mol. The molecule has 1 N–H and O–H groups in total. The molecule has 1 aliphatic carbocycles. The second kappa shape index (κ2) is 8.14. The lowest BCUT2D eigenvalue weighted by molar-refractivity contribution is -0.0980. The number of hydrogen-bond donors (Lipinski definition) is 1. The van der Waals surface area contributed by atoms with Crippen LogP contribution in [0, 0.1) is 0 Å². The minimum Gasteiger partial charge on any atom is -0.444 e. The van der Waals surface area contributed by atoms with Gasteiger partial charge in [0.25, 0.3) is 0 Å². The summed E-state index contributed by atoms with van der Waals surface area (Å²) >= 11 is 0. The van der Waals surface area contributed by atoms with Crippen LogP contribution in [0.5, 0.6) is 0 Å². The number of anilines is 1. The van der Waals surface area contributed by atoms with E-state index in [2.05, 4.69) is 21.3 Å². The predicted octanol–water partition coefficient (Wildman–Crippen LogP) is 4.70. The quantitative estimate of drug-likeness (QED) is 0.856. The Morgan fingerprint density at radius 3 is 2.56 bits per heavy atom. The Labute approximate surface area is 148 Å². The molecule has 136 valence electrons. The number of hydrogen-bond acceptors (Lipinski definition) is 4. The van der Waals surface area contributed by atoms with Crippen LogP contribution in [0.15, 0.2) is 24.4 Å². The SMILES string of the molecule is C=O.CC(C)(C)OC(=O)Nc1ccc2nn(C3CCCCC3)cc2c1. The van der Waals surface area contributed by atoms with Gasteiger partial charge in [-0.05, 0) is 51.8 Å². The molecule has 6 nitrogen and oxygen atoms in total. The average Bonchev–Trinajstić information content (AvgIpc) is 2.99. The number of amides is 1. The number of carbonyl (C=O) groups is 2. The second-order valence-corrected chi connectivity index (χ2v) is 7.30. The Balaban J connectivity index is 0.00000109. The Morgan fingerprint density at radius 1 is 1.24 bits per heavy atom. The smallest absolute Gasteiger partial charge is 0.412 e. The maximum atomic E-state index is 11.9. The molecule has 1 aromatic carbocycles. The largest absolute Gasteiger partial charge is 0.444 e. The van der Waals surface area contributed by atoms with Crippen molar-refractivity contribution in [2.45, 2.75) is 64.5 Å². The zero-order valence-corrected chi connectivity index (χ0v) is 15.2. The Hall–Kier alpha value is -2.37. The van der Waals surface area contributed by atoms with Crippen LogP contribution in [0.4, 0.5) is 10.5 Å². The van der Waals surface area contributed by atoms with Gasteiger partial charge < -0.3 is 9.53 Å². The van der Waals surface area contributed by atoms with Gasteiger partial charge in [-0.15, -0.1) is 0 Å². The summed E-state index contributed by atoms with van der Waals surface area (Å²) in [4.78, 5) is 19.9. The highest BCUT2D eigenvalue weighted by Gasteiger charge is 2.18. The van der Waals surface area contributed by atoms with Crippen molar-refractivity contribution in [3.63, 3.8) is 0 Å². The fourth-order valence-corrected chi connectivity index (χ4v) is 3.08. The van der Waals surface area contributed by atoms with Crippen molar-refractivity contribution >= 4 is 29.5 Å². The molecule has 0 aliphatic heterocycles. The number of ether oxygens (including phenoxy) is 1. The molecule has 1 fully saturated rings. The number of carbonyl (C=O) groups excluding carboxylic acids is 2. The van der Waals surface area contributed by atoms with Crippen LogP contribution in [0.3, 0.4) is 0 Å². The molecule has 0 unspecified atom stereocenters. The first kappa shape index (κ1) is 19.0. The van der Waals surface area contributed by atoms with Crippen LogP contribution in [-0.2, 0) is 9.53 Å². The zero-order chi connectivity index (χ0) is 18.4. The van der Waals surface area contributed by atoms with Gasteiger partial charge in [-0.25, -0.2) is 4.79 Å². The maximum absolute atomic E-state index is 11.9. The second-order valence-electron chi connectivity index (χ2n) is 7.30. The van der Waals surface area contributed by atoms with Crippen molar-refractivity contribution in [1.82, 2.24) is 9.78 Å². The van der Waals surface area contributed by atoms with Crippen molar-refractivity contribution in [3.05, 3.63) is 24.4 Å². The zero-order valence-electron chi connectivity index (χ0n) is 15.2. The van der Waals surface area contributed by atoms with E-state index in [0.717, 1.165) is 16.6 Å². The Kier molecular flexibility index (Phi) is 6.17. The average molecular weight is 345 g/mol. The highest BCUT2D eigenvalue weighted by molar-refractivity contribution is 5.89. The lowest BCUT2D eigenvalue weighted by Crippen LogP contribution is -2.27. The van der Waals surface area contributed by atoms with Gasteiger partial charge in [0.2, 0.25) is 0 Å².